The summed E-state index contributed by atoms with van der Waals surface area (Å²) in [6.07, 6.45) is 0. The molecule has 0 spiro atoms. The second-order valence-corrected chi connectivity index (χ2v) is 6.85. The number of hydrogen-bond donors (Lipinski definition) is 1. The number of likely N-dealkylation sites (N-methyl/N-ethyl adjacent to an activating group) is 1. The summed E-state index contributed by atoms with van der Waals surface area (Å²) in [7, 11) is 3.80. The van der Waals surface area contributed by atoms with Gasteiger partial charge in [-0.1, -0.05) is 35.9 Å². The number of methoxy groups -OCH3 is 1. The molecular weight excluding hydrogens is 304 g/mol. The van der Waals surface area contributed by atoms with Gasteiger partial charge in [-0.3, -0.25) is 4.90 Å². The molecule has 1 aromatic heterocycles. The molecule has 3 nitrogen and oxygen atoms in total. The molecule has 1 heterocycles. The zero-order chi connectivity index (χ0) is 15.2. The third-order valence-corrected chi connectivity index (χ3v) is 4.65. The maximum Gasteiger partial charge on any atom is 0.0931 e. The van der Waals surface area contributed by atoms with Crippen LogP contribution in [0.25, 0.3) is 0 Å². The first-order chi connectivity index (χ1) is 10.1. The van der Waals surface area contributed by atoms with Crippen molar-refractivity contribution in [2.24, 2.45) is 5.73 Å². The zero-order valence-corrected chi connectivity index (χ0v) is 14.0. The van der Waals surface area contributed by atoms with E-state index in [2.05, 4.69) is 42.3 Å². The number of nitrogens with zero attached hydrogens (tertiary/aromatic N) is 1. The van der Waals surface area contributed by atoms with Crippen LogP contribution in [0.3, 0.4) is 0 Å². The predicted octanol–water partition coefficient (Wildman–Crippen LogP) is 3.68. The Bertz CT molecular complexity index is 573. The average molecular weight is 325 g/mol. The van der Waals surface area contributed by atoms with Crippen molar-refractivity contribution < 1.29 is 4.74 Å². The molecule has 1 aromatic carbocycles. The van der Waals surface area contributed by atoms with E-state index in [0.717, 1.165) is 10.9 Å². The van der Waals surface area contributed by atoms with E-state index >= 15 is 0 Å². The highest BCUT2D eigenvalue weighted by Gasteiger charge is 2.16. The van der Waals surface area contributed by atoms with E-state index in [1.54, 1.807) is 18.4 Å². The summed E-state index contributed by atoms with van der Waals surface area (Å²) in [6, 6.07) is 12.6. The summed E-state index contributed by atoms with van der Waals surface area (Å²) >= 11 is 7.60. The fourth-order valence-corrected chi connectivity index (χ4v) is 3.57. The molecule has 0 bridgehead atoms. The maximum absolute atomic E-state index is 5.99. The molecule has 0 aliphatic heterocycles. The number of thiophene rings is 1. The van der Waals surface area contributed by atoms with Crippen LogP contribution in [-0.2, 0) is 17.9 Å². The normalized spacial score (nSPS) is 12.8. The van der Waals surface area contributed by atoms with Crippen molar-refractivity contribution >= 4 is 22.9 Å². The van der Waals surface area contributed by atoms with E-state index in [0.29, 0.717) is 13.2 Å². The Morgan fingerprint density at radius 1 is 1.33 bits per heavy atom. The van der Waals surface area contributed by atoms with Gasteiger partial charge in [-0.2, -0.15) is 0 Å². The van der Waals surface area contributed by atoms with Gasteiger partial charge in [0, 0.05) is 31.1 Å². The summed E-state index contributed by atoms with van der Waals surface area (Å²) in [4.78, 5) is 3.50. The summed E-state index contributed by atoms with van der Waals surface area (Å²) in [5, 5.41) is 0. The lowest BCUT2D eigenvalue weighted by Crippen LogP contribution is -2.30. The molecule has 0 radical (unpaired) electrons. The molecule has 5 heteroatoms. The van der Waals surface area contributed by atoms with E-state index in [4.69, 9.17) is 22.1 Å². The third-order valence-electron chi connectivity index (χ3n) is 3.44. The van der Waals surface area contributed by atoms with Crippen LogP contribution in [0.2, 0.25) is 4.34 Å². The number of nitrogens with two attached hydrogens (primary N) is 1. The smallest absolute Gasteiger partial charge is 0.0931 e. The van der Waals surface area contributed by atoms with Crippen molar-refractivity contribution in [3.05, 3.63) is 56.7 Å². The highest BCUT2D eigenvalue weighted by atomic mass is 35.5. The monoisotopic (exact) mass is 324 g/mol. The largest absolute Gasteiger partial charge is 0.380 e. The first-order valence-corrected chi connectivity index (χ1v) is 8.05. The fraction of sp³-hybridized carbons (Fsp3) is 0.375. The van der Waals surface area contributed by atoms with Crippen molar-refractivity contribution in [2.45, 2.75) is 19.2 Å². The Kier molecular flexibility index (Phi) is 6.21. The number of rotatable bonds is 7. The van der Waals surface area contributed by atoms with E-state index in [9.17, 15) is 0 Å². The molecule has 0 amide bonds. The Balaban J connectivity index is 2.12. The quantitative estimate of drug-likeness (QED) is 0.844. The van der Waals surface area contributed by atoms with Crippen LogP contribution in [0.15, 0.2) is 36.4 Å². The van der Waals surface area contributed by atoms with Gasteiger partial charge in [-0.25, -0.2) is 0 Å². The van der Waals surface area contributed by atoms with Gasteiger partial charge >= 0.3 is 0 Å². The van der Waals surface area contributed by atoms with E-state index in [1.807, 2.05) is 6.07 Å². The number of ether oxygens (including phenoxy) is 1. The van der Waals surface area contributed by atoms with Gasteiger partial charge in [0.25, 0.3) is 0 Å². The van der Waals surface area contributed by atoms with Gasteiger partial charge in [0.15, 0.2) is 0 Å². The molecule has 0 fully saturated rings. The first kappa shape index (κ1) is 16.5. The molecular formula is C16H21ClN2OS. The second kappa shape index (κ2) is 7.92. The minimum absolute atomic E-state index is 0.183. The van der Waals surface area contributed by atoms with Gasteiger partial charge in [-0.05, 0) is 30.3 Å². The highest BCUT2D eigenvalue weighted by molar-refractivity contribution is 7.16. The van der Waals surface area contributed by atoms with E-state index in [-0.39, 0.29) is 6.04 Å². The summed E-state index contributed by atoms with van der Waals surface area (Å²) in [5.74, 6) is 0. The van der Waals surface area contributed by atoms with Gasteiger partial charge < -0.3 is 10.5 Å². The van der Waals surface area contributed by atoms with Crippen molar-refractivity contribution in [1.29, 1.82) is 0 Å². The minimum atomic E-state index is 0.183. The Hall–Kier alpha value is -0.910. The van der Waals surface area contributed by atoms with Crippen molar-refractivity contribution in [3.8, 4) is 0 Å². The van der Waals surface area contributed by atoms with Crippen LogP contribution < -0.4 is 5.73 Å². The van der Waals surface area contributed by atoms with Crippen LogP contribution in [0.5, 0.6) is 0 Å². The molecule has 2 N–H and O–H groups in total. The SMILES string of the molecule is COCc1cccc(C(CN)N(C)Cc2ccc(Cl)s2)c1. The number of hydrogen-bond acceptors (Lipinski definition) is 4. The zero-order valence-electron chi connectivity index (χ0n) is 12.4. The lowest BCUT2D eigenvalue weighted by Gasteiger charge is -2.27. The van der Waals surface area contributed by atoms with Crippen LogP contribution in [-0.4, -0.2) is 25.6 Å². The summed E-state index contributed by atoms with van der Waals surface area (Å²) in [6.45, 7) is 2.04. The first-order valence-electron chi connectivity index (χ1n) is 6.86. The molecule has 2 aromatic rings. The van der Waals surface area contributed by atoms with Crippen LogP contribution >= 0.6 is 22.9 Å². The third kappa shape index (κ3) is 4.53. The molecule has 114 valence electrons. The second-order valence-electron chi connectivity index (χ2n) is 5.05. The van der Waals surface area contributed by atoms with Crippen molar-refractivity contribution in [2.75, 3.05) is 20.7 Å². The van der Waals surface area contributed by atoms with E-state index < -0.39 is 0 Å². The average Bonchev–Trinajstić information content (AvgIpc) is 2.86. The fourth-order valence-electron chi connectivity index (χ4n) is 2.42. The molecule has 0 saturated carbocycles. The maximum atomic E-state index is 5.99. The van der Waals surface area contributed by atoms with E-state index in [1.165, 1.54) is 16.0 Å². The number of halogens is 1. The number of benzene rings is 1. The van der Waals surface area contributed by atoms with Crippen molar-refractivity contribution in [3.63, 3.8) is 0 Å². The van der Waals surface area contributed by atoms with Gasteiger partial charge in [0.2, 0.25) is 0 Å². The Morgan fingerprint density at radius 2 is 2.14 bits per heavy atom. The summed E-state index contributed by atoms with van der Waals surface area (Å²) < 4.78 is 6.02. The Labute approximate surface area is 135 Å². The molecule has 1 atom stereocenters. The van der Waals surface area contributed by atoms with Crippen LogP contribution in [0, 0.1) is 0 Å². The minimum Gasteiger partial charge on any atom is -0.380 e. The summed E-state index contributed by atoms with van der Waals surface area (Å²) in [5.41, 5.74) is 8.38. The van der Waals surface area contributed by atoms with Crippen LogP contribution in [0.4, 0.5) is 0 Å². The highest BCUT2D eigenvalue weighted by Crippen LogP contribution is 2.26. The predicted molar refractivity (Wildman–Crippen MR) is 89.7 cm³/mol. The Morgan fingerprint density at radius 3 is 2.76 bits per heavy atom. The molecule has 0 aliphatic carbocycles. The van der Waals surface area contributed by atoms with Crippen LogP contribution in [0.1, 0.15) is 22.0 Å². The van der Waals surface area contributed by atoms with Gasteiger partial charge in [0.1, 0.15) is 0 Å². The molecule has 2 rings (SSSR count). The van der Waals surface area contributed by atoms with Gasteiger partial charge in [0.05, 0.1) is 10.9 Å². The standard InChI is InChI=1S/C16H21ClN2OS/c1-19(10-14-6-7-16(17)21-14)15(9-18)13-5-3-4-12(8-13)11-20-2/h3-8,15H,9-11,18H2,1-2H3. The lowest BCUT2D eigenvalue weighted by atomic mass is 10.0. The molecule has 1 unspecified atom stereocenters. The van der Waals surface area contributed by atoms with Crippen molar-refractivity contribution in [1.82, 2.24) is 4.90 Å². The lowest BCUT2D eigenvalue weighted by molar-refractivity contribution is 0.184. The topological polar surface area (TPSA) is 38.5 Å². The molecule has 0 saturated heterocycles. The molecule has 21 heavy (non-hydrogen) atoms. The molecule has 0 aliphatic rings. The van der Waals surface area contributed by atoms with Gasteiger partial charge in [-0.15, -0.1) is 11.3 Å².